The summed E-state index contributed by atoms with van der Waals surface area (Å²) in [6, 6.07) is 10.1. The number of carbonyl (C=O) groups is 1. The van der Waals surface area contributed by atoms with E-state index < -0.39 is 0 Å². The van der Waals surface area contributed by atoms with Crippen molar-refractivity contribution in [2.24, 2.45) is 0 Å². The highest BCUT2D eigenvalue weighted by atomic mass is 16.5. The van der Waals surface area contributed by atoms with Crippen molar-refractivity contribution in [1.82, 2.24) is 15.3 Å². The molecule has 2 aliphatic heterocycles. The number of nitrogens with one attached hydrogen (secondary N) is 2. The van der Waals surface area contributed by atoms with Crippen LogP contribution in [-0.4, -0.2) is 48.0 Å². The van der Waals surface area contributed by atoms with Crippen molar-refractivity contribution in [1.29, 1.82) is 0 Å². The minimum absolute atomic E-state index is 0.0334. The van der Waals surface area contributed by atoms with E-state index in [1.807, 2.05) is 38.2 Å². The number of ether oxygens (including phenoxy) is 1. The Morgan fingerprint density at radius 1 is 1.16 bits per heavy atom. The summed E-state index contributed by atoms with van der Waals surface area (Å²) in [6.45, 7) is 9.70. The van der Waals surface area contributed by atoms with E-state index in [0.29, 0.717) is 17.5 Å². The van der Waals surface area contributed by atoms with Crippen molar-refractivity contribution in [3.05, 3.63) is 74.8 Å². The molecule has 0 amide bonds. The van der Waals surface area contributed by atoms with Gasteiger partial charge in [0.05, 0.1) is 6.10 Å². The maximum Gasteiger partial charge on any atom is 0.251 e. The van der Waals surface area contributed by atoms with E-state index in [9.17, 15) is 9.59 Å². The van der Waals surface area contributed by atoms with Gasteiger partial charge in [-0.15, -0.1) is 0 Å². The third-order valence-electron chi connectivity index (χ3n) is 7.46. The molecule has 3 aromatic rings. The number of ketones is 1. The average Bonchev–Trinajstić information content (AvgIpc) is 3.08. The zero-order valence-corrected chi connectivity index (χ0v) is 22.0. The number of aromatic nitrogens is 2. The van der Waals surface area contributed by atoms with Crippen LogP contribution in [0, 0.1) is 13.8 Å². The van der Waals surface area contributed by atoms with Gasteiger partial charge in [0.2, 0.25) is 0 Å². The molecule has 0 bridgehead atoms. The molecule has 7 heteroatoms. The SMILES string of the molecule is Cc1cc(C)c(CCC(=O)c2cc3c(c(-c4ccc(N5CCNCC5)nc4)c2)OC(C)CCC3)c(=O)[nH]1. The number of piperazine rings is 1. The monoisotopic (exact) mass is 500 g/mol. The number of anilines is 1. The number of hydrogen-bond acceptors (Lipinski definition) is 6. The second-order valence-corrected chi connectivity index (χ2v) is 10.3. The van der Waals surface area contributed by atoms with Gasteiger partial charge in [0, 0.05) is 66.7 Å². The number of rotatable bonds is 6. The molecule has 0 aliphatic carbocycles. The number of benzene rings is 1. The lowest BCUT2D eigenvalue weighted by atomic mass is 9.93. The van der Waals surface area contributed by atoms with Crippen LogP contribution in [0.15, 0.2) is 41.3 Å². The molecule has 1 unspecified atom stereocenters. The molecular weight excluding hydrogens is 464 g/mol. The highest BCUT2D eigenvalue weighted by molar-refractivity contribution is 5.98. The third-order valence-corrected chi connectivity index (χ3v) is 7.46. The second-order valence-electron chi connectivity index (χ2n) is 10.3. The molecule has 0 spiro atoms. The van der Waals surface area contributed by atoms with Gasteiger partial charge in [0.25, 0.3) is 5.56 Å². The summed E-state index contributed by atoms with van der Waals surface area (Å²) in [5.74, 6) is 1.87. The van der Waals surface area contributed by atoms with Crippen molar-refractivity contribution in [3.8, 4) is 16.9 Å². The second kappa shape index (κ2) is 10.9. The standard InChI is InChI=1S/C30H36N4O3/c1-19-15-20(2)33-30(36)25(19)8-9-27(35)24-16-22-6-4-5-21(3)37-29(22)26(17-24)23-7-10-28(32-18-23)34-13-11-31-12-14-34/h7,10,15-18,21,31H,4-6,8-9,11-14H2,1-3H3,(H,33,36). The quantitative estimate of drug-likeness (QED) is 0.489. The number of H-pyrrole nitrogens is 1. The number of hydrogen-bond donors (Lipinski definition) is 2. The van der Waals surface area contributed by atoms with Gasteiger partial charge in [-0.25, -0.2) is 4.98 Å². The van der Waals surface area contributed by atoms with Crippen LogP contribution in [-0.2, 0) is 12.8 Å². The molecule has 1 atom stereocenters. The zero-order chi connectivity index (χ0) is 25.9. The maximum absolute atomic E-state index is 13.4. The predicted molar refractivity (Wildman–Crippen MR) is 147 cm³/mol. The van der Waals surface area contributed by atoms with Crippen LogP contribution < -0.4 is 20.5 Å². The number of Topliss-reactive ketones (excluding diaryl/α,β-unsaturated/α-hetero) is 1. The summed E-state index contributed by atoms with van der Waals surface area (Å²) in [6.07, 6.45) is 5.58. The minimum Gasteiger partial charge on any atom is -0.490 e. The number of pyridine rings is 2. The summed E-state index contributed by atoms with van der Waals surface area (Å²) >= 11 is 0. The van der Waals surface area contributed by atoms with Crippen LogP contribution in [0.1, 0.15) is 58.9 Å². The summed E-state index contributed by atoms with van der Waals surface area (Å²) in [7, 11) is 0. The largest absolute Gasteiger partial charge is 0.490 e. The Bertz CT molecular complexity index is 1340. The maximum atomic E-state index is 13.4. The van der Waals surface area contributed by atoms with E-state index in [0.717, 1.165) is 85.0 Å². The normalized spacial score (nSPS) is 17.6. The molecular formula is C30H36N4O3. The van der Waals surface area contributed by atoms with Crippen molar-refractivity contribution >= 4 is 11.6 Å². The Kier molecular flexibility index (Phi) is 7.42. The summed E-state index contributed by atoms with van der Waals surface area (Å²) in [5, 5.41) is 3.37. The third kappa shape index (κ3) is 5.62. The van der Waals surface area contributed by atoms with Gasteiger partial charge in [-0.1, -0.05) is 0 Å². The number of aryl methyl sites for hydroxylation is 3. The molecule has 0 radical (unpaired) electrons. The van der Waals surface area contributed by atoms with Gasteiger partial charge in [0.15, 0.2) is 5.78 Å². The Labute approximate surface area is 218 Å². The van der Waals surface area contributed by atoms with Gasteiger partial charge in [-0.2, -0.15) is 0 Å². The Morgan fingerprint density at radius 3 is 2.70 bits per heavy atom. The fourth-order valence-corrected chi connectivity index (χ4v) is 5.43. The molecule has 0 saturated carbocycles. The molecule has 1 saturated heterocycles. The van der Waals surface area contributed by atoms with Crippen LogP contribution in [0.3, 0.4) is 0 Å². The molecule has 194 valence electrons. The van der Waals surface area contributed by atoms with Crippen LogP contribution in [0.4, 0.5) is 5.82 Å². The lowest BCUT2D eigenvalue weighted by Crippen LogP contribution is -2.43. The summed E-state index contributed by atoms with van der Waals surface area (Å²) in [5.41, 5.74) is 5.93. The first-order valence-electron chi connectivity index (χ1n) is 13.4. The number of fused-ring (bicyclic) bond motifs is 1. The highest BCUT2D eigenvalue weighted by Gasteiger charge is 2.22. The minimum atomic E-state index is -0.106. The van der Waals surface area contributed by atoms with Crippen LogP contribution in [0.25, 0.3) is 11.1 Å². The van der Waals surface area contributed by atoms with Gasteiger partial charge in [-0.05, 0) is 87.9 Å². The van der Waals surface area contributed by atoms with Gasteiger partial charge < -0.3 is 19.9 Å². The van der Waals surface area contributed by atoms with Gasteiger partial charge >= 0.3 is 0 Å². The molecule has 2 aliphatic rings. The number of nitrogens with zero attached hydrogens (tertiary/aromatic N) is 2. The first-order chi connectivity index (χ1) is 17.9. The van der Waals surface area contributed by atoms with Gasteiger partial charge in [-0.3, -0.25) is 9.59 Å². The molecule has 1 fully saturated rings. The van der Waals surface area contributed by atoms with Crippen molar-refractivity contribution in [3.63, 3.8) is 0 Å². The molecule has 1 aromatic carbocycles. The van der Waals surface area contributed by atoms with E-state index in [-0.39, 0.29) is 23.9 Å². The Morgan fingerprint density at radius 2 is 1.97 bits per heavy atom. The first-order valence-corrected chi connectivity index (χ1v) is 13.4. The van der Waals surface area contributed by atoms with E-state index >= 15 is 0 Å². The highest BCUT2D eigenvalue weighted by Crippen LogP contribution is 2.39. The van der Waals surface area contributed by atoms with E-state index in [1.54, 1.807) is 0 Å². The van der Waals surface area contributed by atoms with Crippen molar-refractivity contribution in [2.45, 2.75) is 59.0 Å². The lowest BCUT2D eigenvalue weighted by molar-refractivity contribution is 0.0982. The topological polar surface area (TPSA) is 87.3 Å². The lowest BCUT2D eigenvalue weighted by Gasteiger charge is -2.28. The Balaban J connectivity index is 1.45. The van der Waals surface area contributed by atoms with Gasteiger partial charge in [0.1, 0.15) is 11.6 Å². The van der Waals surface area contributed by atoms with E-state index in [1.165, 1.54) is 0 Å². The molecule has 2 aromatic heterocycles. The van der Waals surface area contributed by atoms with Crippen LogP contribution in [0.5, 0.6) is 5.75 Å². The van der Waals surface area contributed by atoms with E-state index in [4.69, 9.17) is 9.72 Å². The average molecular weight is 501 g/mol. The zero-order valence-electron chi connectivity index (χ0n) is 22.0. The molecule has 7 nitrogen and oxygen atoms in total. The van der Waals surface area contributed by atoms with Crippen molar-refractivity contribution in [2.75, 3.05) is 31.1 Å². The summed E-state index contributed by atoms with van der Waals surface area (Å²) < 4.78 is 6.39. The fraction of sp³-hybridized carbons (Fsp3) is 0.433. The number of carbonyl (C=O) groups excluding carboxylic acids is 1. The van der Waals surface area contributed by atoms with E-state index in [2.05, 4.69) is 34.3 Å². The number of aromatic amines is 1. The molecule has 2 N–H and O–H groups in total. The fourth-order valence-electron chi connectivity index (χ4n) is 5.43. The van der Waals surface area contributed by atoms with Crippen molar-refractivity contribution < 1.29 is 9.53 Å². The van der Waals surface area contributed by atoms with Crippen LogP contribution in [0.2, 0.25) is 0 Å². The molecule has 37 heavy (non-hydrogen) atoms. The molecule has 5 rings (SSSR count). The predicted octanol–water partition coefficient (Wildman–Crippen LogP) is 4.38. The van der Waals surface area contributed by atoms with Crippen LogP contribution >= 0.6 is 0 Å². The summed E-state index contributed by atoms with van der Waals surface area (Å²) in [4.78, 5) is 35.8. The smallest absolute Gasteiger partial charge is 0.251 e. The Hall–Kier alpha value is -3.45. The molecule has 4 heterocycles. The first kappa shape index (κ1) is 25.2.